The van der Waals surface area contributed by atoms with Crippen molar-refractivity contribution >= 4 is 0 Å². The first kappa shape index (κ1) is 17.5. The van der Waals surface area contributed by atoms with Crippen LogP contribution >= 0.6 is 0 Å². The van der Waals surface area contributed by atoms with E-state index in [0.717, 1.165) is 12.1 Å². The average molecular weight is 375 g/mol. The van der Waals surface area contributed by atoms with E-state index >= 15 is 0 Å². The van der Waals surface area contributed by atoms with Gasteiger partial charge in [0.2, 0.25) is 0 Å². The molecule has 140 valence electrons. The van der Waals surface area contributed by atoms with Gasteiger partial charge >= 0.3 is 0 Å². The molecular weight excluding hydrogens is 354 g/mol. The molecular formula is C26H21N3. The van der Waals surface area contributed by atoms with Gasteiger partial charge in [-0.3, -0.25) is 0 Å². The number of imidazole rings is 1. The molecule has 2 atom stereocenters. The van der Waals surface area contributed by atoms with Crippen molar-refractivity contribution in [3.63, 3.8) is 0 Å². The molecule has 3 heteroatoms. The lowest BCUT2D eigenvalue weighted by Crippen LogP contribution is -2.38. The molecule has 0 spiro atoms. The summed E-state index contributed by atoms with van der Waals surface area (Å²) < 4.78 is 2.29. The Kier molecular flexibility index (Phi) is 4.26. The van der Waals surface area contributed by atoms with Crippen LogP contribution in [0.5, 0.6) is 0 Å². The minimum atomic E-state index is -0.557. The summed E-state index contributed by atoms with van der Waals surface area (Å²) in [7, 11) is 0. The van der Waals surface area contributed by atoms with Crippen molar-refractivity contribution in [1.82, 2.24) is 9.55 Å². The molecule has 1 aromatic heterocycles. The van der Waals surface area contributed by atoms with Gasteiger partial charge in [-0.2, -0.15) is 5.26 Å². The molecule has 0 amide bonds. The molecule has 0 N–H and O–H groups in total. The molecule has 0 radical (unpaired) electrons. The zero-order chi connectivity index (χ0) is 19.7. The van der Waals surface area contributed by atoms with Crippen molar-refractivity contribution < 1.29 is 0 Å². The third kappa shape index (κ3) is 2.77. The van der Waals surface area contributed by atoms with Gasteiger partial charge in [0, 0.05) is 17.8 Å². The number of hydrogen-bond donors (Lipinski definition) is 0. The minimum absolute atomic E-state index is 0.0745. The molecule has 0 saturated heterocycles. The summed E-state index contributed by atoms with van der Waals surface area (Å²) in [6, 6.07) is 34.2. The van der Waals surface area contributed by atoms with E-state index in [0.29, 0.717) is 0 Å². The number of aromatic nitrogens is 2. The van der Waals surface area contributed by atoms with Crippen molar-refractivity contribution in [2.45, 2.75) is 17.9 Å². The van der Waals surface area contributed by atoms with Gasteiger partial charge < -0.3 is 4.57 Å². The molecule has 4 aromatic rings. The van der Waals surface area contributed by atoms with E-state index in [9.17, 15) is 5.26 Å². The molecule has 0 aliphatic heterocycles. The first-order chi connectivity index (χ1) is 14.4. The van der Waals surface area contributed by atoms with Gasteiger partial charge in [0.1, 0.15) is 5.54 Å². The Morgan fingerprint density at radius 3 is 1.69 bits per heavy atom. The van der Waals surface area contributed by atoms with Crippen LogP contribution in [0.3, 0.4) is 0 Å². The molecule has 1 saturated carbocycles. The van der Waals surface area contributed by atoms with Crippen molar-refractivity contribution in [1.29, 1.82) is 5.26 Å². The van der Waals surface area contributed by atoms with Gasteiger partial charge in [-0.25, -0.2) is 4.98 Å². The van der Waals surface area contributed by atoms with E-state index in [2.05, 4.69) is 88.4 Å². The fourth-order valence-corrected chi connectivity index (χ4v) is 4.48. The predicted molar refractivity (Wildman–Crippen MR) is 113 cm³/mol. The number of hydrogen-bond acceptors (Lipinski definition) is 2. The largest absolute Gasteiger partial charge is 0.316 e. The van der Waals surface area contributed by atoms with Crippen LogP contribution in [0.1, 0.15) is 34.7 Å². The minimum Gasteiger partial charge on any atom is -0.316 e. The van der Waals surface area contributed by atoms with Crippen LogP contribution in [0, 0.1) is 17.2 Å². The van der Waals surface area contributed by atoms with E-state index in [1.807, 2.05) is 30.7 Å². The molecule has 3 nitrogen and oxygen atoms in total. The topological polar surface area (TPSA) is 41.6 Å². The lowest BCUT2D eigenvalue weighted by molar-refractivity contribution is 0.495. The van der Waals surface area contributed by atoms with Crippen LogP contribution in [0.4, 0.5) is 0 Å². The standard InChI is InChI=1S/C26H21N3/c27-17-20-16-24(20)25-18-28-19-29(25)26(21-10-4-1-5-11-21,22-12-6-2-7-13-22)23-14-8-3-9-15-23/h1-15,18-20,24H,16H2/t20-,24+/m0/s1. The molecule has 3 aromatic carbocycles. The Morgan fingerprint density at radius 2 is 1.28 bits per heavy atom. The highest BCUT2D eigenvalue weighted by molar-refractivity contribution is 5.51. The summed E-state index contributed by atoms with van der Waals surface area (Å²) in [6.45, 7) is 0. The maximum absolute atomic E-state index is 9.44. The smallest absolute Gasteiger partial charge is 0.121 e. The third-order valence-corrected chi connectivity index (χ3v) is 5.94. The highest BCUT2D eigenvalue weighted by Gasteiger charge is 2.46. The van der Waals surface area contributed by atoms with E-state index in [-0.39, 0.29) is 11.8 Å². The Bertz CT molecular complexity index is 1040. The second-order valence-electron chi connectivity index (χ2n) is 7.57. The summed E-state index contributed by atoms with van der Waals surface area (Å²) >= 11 is 0. The van der Waals surface area contributed by atoms with Crippen LogP contribution in [0.2, 0.25) is 0 Å². The lowest BCUT2D eigenvalue weighted by Gasteiger charge is -2.38. The van der Waals surface area contributed by atoms with Gasteiger partial charge in [0.15, 0.2) is 0 Å². The van der Waals surface area contributed by atoms with Crippen LogP contribution in [0.25, 0.3) is 0 Å². The van der Waals surface area contributed by atoms with Crippen molar-refractivity contribution in [2.75, 3.05) is 0 Å². The van der Waals surface area contributed by atoms with E-state index < -0.39 is 5.54 Å². The van der Waals surface area contributed by atoms with Crippen LogP contribution in [0.15, 0.2) is 104 Å². The van der Waals surface area contributed by atoms with Crippen LogP contribution in [-0.4, -0.2) is 9.55 Å². The molecule has 1 fully saturated rings. The maximum Gasteiger partial charge on any atom is 0.121 e. The highest BCUT2D eigenvalue weighted by Crippen LogP contribution is 2.50. The third-order valence-electron chi connectivity index (χ3n) is 5.94. The fourth-order valence-electron chi connectivity index (χ4n) is 4.48. The summed E-state index contributed by atoms with van der Waals surface area (Å²) in [5.41, 5.74) is 4.08. The van der Waals surface area contributed by atoms with Crippen molar-refractivity contribution in [2.24, 2.45) is 5.92 Å². The Labute approximate surface area is 170 Å². The zero-order valence-electron chi connectivity index (χ0n) is 16.0. The van der Waals surface area contributed by atoms with Gasteiger partial charge in [-0.15, -0.1) is 0 Å². The lowest BCUT2D eigenvalue weighted by atomic mass is 9.76. The normalized spacial score (nSPS) is 18.2. The molecule has 1 aliphatic rings. The van der Waals surface area contributed by atoms with Crippen LogP contribution < -0.4 is 0 Å². The second kappa shape index (κ2) is 7.07. The van der Waals surface area contributed by atoms with E-state index in [1.165, 1.54) is 16.7 Å². The fraction of sp³-hybridized carbons (Fsp3) is 0.154. The highest BCUT2D eigenvalue weighted by atomic mass is 15.1. The molecule has 0 unspecified atom stereocenters. The second-order valence-corrected chi connectivity index (χ2v) is 7.57. The maximum atomic E-state index is 9.44. The predicted octanol–water partition coefficient (Wildman–Crippen LogP) is 5.35. The Hall–Kier alpha value is -3.64. The van der Waals surface area contributed by atoms with Gasteiger partial charge in [-0.05, 0) is 23.1 Å². The number of nitriles is 1. The molecule has 0 bridgehead atoms. The number of rotatable bonds is 5. The molecule has 5 rings (SSSR count). The summed E-state index contributed by atoms with van der Waals surface area (Å²) in [4.78, 5) is 4.55. The number of benzene rings is 3. The summed E-state index contributed by atoms with van der Waals surface area (Å²) in [5.74, 6) is 0.309. The summed E-state index contributed by atoms with van der Waals surface area (Å²) in [5, 5.41) is 9.44. The van der Waals surface area contributed by atoms with Crippen molar-refractivity contribution in [3.05, 3.63) is 126 Å². The Morgan fingerprint density at radius 1 is 0.793 bits per heavy atom. The average Bonchev–Trinajstić information content (AvgIpc) is 3.43. The zero-order valence-corrected chi connectivity index (χ0v) is 16.0. The SMILES string of the molecule is N#C[C@@H]1C[C@H]1c1cncn1C(c1ccccc1)(c1ccccc1)c1ccccc1. The van der Waals surface area contributed by atoms with E-state index in [1.54, 1.807) is 0 Å². The van der Waals surface area contributed by atoms with Gasteiger partial charge in [0.25, 0.3) is 0 Å². The van der Waals surface area contributed by atoms with Gasteiger partial charge in [-0.1, -0.05) is 91.0 Å². The van der Waals surface area contributed by atoms with Crippen molar-refractivity contribution in [3.8, 4) is 6.07 Å². The quantitative estimate of drug-likeness (QED) is 0.441. The van der Waals surface area contributed by atoms with Crippen LogP contribution in [-0.2, 0) is 5.54 Å². The Balaban J connectivity index is 1.86. The van der Waals surface area contributed by atoms with E-state index in [4.69, 9.17) is 0 Å². The monoisotopic (exact) mass is 375 g/mol. The molecule has 1 heterocycles. The number of nitrogens with zero attached hydrogens (tertiary/aromatic N) is 3. The molecule has 29 heavy (non-hydrogen) atoms. The van der Waals surface area contributed by atoms with Gasteiger partial charge in [0.05, 0.1) is 18.3 Å². The first-order valence-corrected chi connectivity index (χ1v) is 9.94. The molecule has 1 aliphatic carbocycles. The summed E-state index contributed by atoms with van der Waals surface area (Å²) in [6.07, 6.45) is 4.76. The first-order valence-electron chi connectivity index (χ1n) is 9.94.